The summed E-state index contributed by atoms with van der Waals surface area (Å²) in [4.78, 5) is 15.2. The van der Waals surface area contributed by atoms with E-state index in [1.807, 2.05) is 0 Å². The first kappa shape index (κ1) is 12.3. The second-order valence-corrected chi connectivity index (χ2v) is 4.43. The number of aromatic nitrogens is 1. The fourth-order valence-electron chi connectivity index (χ4n) is 2.14. The molecule has 3 nitrogen and oxygen atoms in total. The normalized spacial score (nSPS) is 10.9. The molecule has 3 rings (SSSR count). The lowest BCUT2D eigenvalue weighted by Crippen LogP contribution is -2.03. The van der Waals surface area contributed by atoms with Crippen LogP contribution >= 0.6 is 0 Å². The number of anilines is 1. The zero-order valence-electron chi connectivity index (χ0n) is 10.3. The highest BCUT2D eigenvalue weighted by Crippen LogP contribution is 2.24. The van der Waals surface area contributed by atoms with Gasteiger partial charge in [-0.1, -0.05) is 6.07 Å². The molecule has 2 aromatic carbocycles. The van der Waals surface area contributed by atoms with Gasteiger partial charge in [-0.3, -0.25) is 4.79 Å². The highest BCUT2D eigenvalue weighted by atomic mass is 19.1. The van der Waals surface area contributed by atoms with Crippen LogP contribution in [0.5, 0.6) is 0 Å². The number of H-pyrrole nitrogens is 1. The average molecular weight is 272 g/mol. The molecular weight excluding hydrogens is 262 g/mol. The summed E-state index contributed by atoms with van der Waals surface area (Å²) in [6.07, 6.45) is 1.42. The van der Waals surface area contributed by atoms with E-state index in [-0.39, 0.29) is 22.2 Å². The number of halogens is 2. The van der Waals surface area contributed by atoms with Gasteiger partial charge in [-0.15, -0.1) is 0 Å². The Bertz CT molecular complexity index is 824. The molecule has 5 heteroatoms. The van der Waals surface area contributed by atoms with Crippen LogP contribution in [0.15, 0.2) is 42.6 Å². The monoisotopic (exact) mass is 272 g/mol. The molecular formula is C15H10F2N2O. The molecule has 1 aromatic heterocycles. The highest BCUT2D eigenvalue weighted by molar-refractivity contribution is 6.16. The number of hydrogen-bond donors (Lipinski definition) is 2. The first-order valence-corrected chi connectivity index (χ1v) is 5.93. The van der Waals surface area contributed by atoms with E-state index in [2.05, 4.69) is 4.98 Å². The zero-order chi connectivity index (χ0) is 14.3. The maximum absolute atomic E-state index is 13.8. The Morgan fingerprint density at radius 2 is 1.90 bits per heavy atom. The number of hydrogen-bond acceptors (Lipinski definition) is 2. The summed E-state index contributed by atoms with van der Waals surface area (Å²) in [5, 5.41) is 0.203. The van der Waals surface area contributed by atoms with Crippen LogP contribution in [0.4, 0.5) is 14.5 Å². The van der Waals surface area contributed by atoms with Crippen LogP contribution in [0.2, 0.25) is 0 Å². The van der Waals surface area contributed by atoms with Gasteiger partial charge in [-0.25, -0.2) is 8.78 Å². The van der Waals surface area contributed by atoms with E-state index in [1.54, 1.807) is 12.1 Å². The summed E-state index contributed by atoms with van der Waals surface area (Å²) < 4.78 is 27.2. The van der Waals surface area contributed by atoms with E-state index in [9.17, 15) is 13.6 Å². The van der Waals surface area contributed by atoms with E-state index < -0.39 is 17.4 Å². The van der Waals surface area contributed by atoms with Crippen LogP contribution in [0.3, 0.4) is 0 Å². The van der Waals surface area contributed by atoms with Crippen molar-refractivity contribution in [1.82, 2.24) is 4.98 Å². The summed E-state index contributed by atoms with van der Waals surface area (Å²) in [5.41, 5.74) is 6.15. The zero-order valence-corrected chi connectivity index (χ0v) is 10.3. The molecule has 0 radical (unpaired) electrons. The second-order valence-electron chi connectivity index (χ2n) is 4.43. The van der Waals surface area contributed by atoms with Gasteiger partial charge in [0.25, 0.3) is 0 Å². The smallest absolute Gasteiger partial charge is 0.195 e. The number of nitrogen functional groups attached to an aromatic ring is 1. The molecule has 0 spiro atoms. The molecule has 20 heavy (non-hydrogen) atoms. The minimum absolute atomic E-state index is 0.0355. The van der Waals surface area contributed by atoms with Crippen LogP contribution in [0.25, 0.3) is 10.9 Å². The van der Waals surface area contributed by atoms with Crippen molar-refractivity contribution in [1.29, 1.82) is 0 Å². The fraction of sp³-hybridized carbons (Fsp3) is 0. The number of benzene rings is 2. The summed E-state index contributed by atoms with van der Waals surface area (Å²) >= 11 is 0. The third-order valence-corrected chi connectivity index (χ3v) is 3.16. The van der Waals surface area contributed by atoms with Gasteiger partial charge in [0.05, 0.1) is 11.3 Å². The topological polar surface area (TPSA) is 58.9 Å². The van der Waals surface area contributed by atoms with E-state index in [0.717, 1.165) is 6.07 Å². The molecule has 3 aromatic rings. The van der Waals surface area contributed by atoms with Crippen molar-refractivity contribution < 1.29 is 13.6 Å². The van der Waals surface area contributed by atoms with Gasteiger partial charge in [0.15, 0.2) is 5.78 Å². The maximum Gasteiger partial charge on any atom is 0.195 e. The standard InChI is InChI=1S/C15H10F2N2O/c16-10-2-1-3-13-14(10)9(7-19-13)15(20)8-4-5-12(18)11(17)6-8/h1-7,19H,18H2. The van der Waals surface area contributed by atoms with Crippen molar-refractivity contribution >= 4 is 22.4 Å². The molecule has 3 N–H and O–H groups in total. The average Bonchev–Trinajstić information content (AvgIpc) is 2.86. The highest BCUT2D eigenvalue weighted by Gasteiger charge is 2.17. The lowest BCUT2D eigenvalue weighted by molar-refractivity contribution is 0.103. The molecule has 0 saturated carbocycles. The lowest BCUT2D eigenvalue weighted by Gasteiger charge is -2.02. The maximum atomic E-state index is 13.8. The minimum atomic E-state index is -0.670. The quantitative estimate of drug-likeness (QED) is 0.555. The van der Waals surface area contributed by atoms with Gasteiger partial charge in [0.2, 0.25) is 0 Å². The summed E-state index contributed by atoms with van der Waals surface area (Å²) in [6.45, 7) is 0. The Labute approximate surface area is 113 Å². The van der Waals surface area contributed by atoms with Crippen LogP contribution in [0.1, 0.15) is 15.9 Å². The molecule has 0 aliphatic rings. The molecule has 0 atom stereocenters. The predicted molar refractivity (Wildman–Crippen MR) is 72.5 cm³/mol. The largest absolute Gasteiger partial charge is 0.396 e. The Morgan fingerprint density at radius 3 is 2.65 bits per heavy atom. The van der Waals surface area contributed by atoms with E-state index in [0.29, 0.717) is 5.52 Å². The van der Waals surface area contributed by atoms with Crippen LogP contribution in [-0.4, -0.2) is 10.8 Å². The predicted octanol–water partition coefficient (Wildman–Crippen LogP) is 3.26. The molecule has 0 saturated heterocycles. The molecule has 0 unspecified atom stereocenters. The molecule has 100 valence electrons. The van der Waals surface area contributed by atoms with Crippen LogP contribution in [0, 0.1) is 11.6 Å². The number of nitrogens with two attached hydrogens (primary N) is 1. The molecule has 0 bridgehead atoms. The van der Waals surface area contributed by atoms with Gasteiger partial charge < -0.3 is 10.7 Å². The van der Waals surface area contributed by atoms with Crippen molar-refractivity contribution in [3.8, 4) is 0 Å². The Balaban J connectivity index is 2.15. The lowest BCUT2D eigenvalue weighted by atomic mass is 10.0. The molecule has 0 aliphatic heterocycles. The summed E-state index contributed by atoms with van der Waals surface area (Å²) in [5.74, 6) is -1.63. The van der Waals surface area contributed by atoms with Gasteiger partial charge in [0, 0.05) is 22.7 Å². The van der Waals surface area contributed by atoms with Crippen molar-refractivity contribution in [2.75, 3.05) is 5.73 Å². The molecule has 1 heterocycles. The number of aromatic amines is 1. The fourth-order valence-corrected chi connectivity index (χ4v) is 2.14. The van der Waals surface area contributed by atoms with Crippen molar-refractivity contribution in [3.05, 3.63) is 65.4 Å². The Kier molecular flexibility index (Phi) is 2.75. The van der Waals surface area contributed by atoms with E-state index in [4.69, 9.17) is 5.73 Å². The van der Waals surface area contributed by atoms with Crippen LogP contribution < -0.4 is 5.73 Å². The van der Waals surface area contributed by atoms with Crippen molar-refractivity contribution in [3.63, 3.8) is 0 Å². The first-order chi connectivity index (χ1) is 9.58. The van der Waals surface area contributed by atoms with E-state index in [1.165, 1.54) is 24.4 Å². The second kappa shape index (κ2) is 4.45. The number of nitrogens with one attached hydrogen (secondary N) is 1. The van der Waals surface area contributed by atoms with Gasteiger partial charge in [0.1, 0.15) is 11.6 Å². The third kappa shape index (κ3) is 1.84. The van der Waals surface area contributed by atoms with E-state index >= 15 is 0 Å². The molecule has 0 amide bonds. The molecule has 0 fully saturated rings. The SMILES string of the molecule is Nc1ccc(C(=O)c2c[nH]c3cccc(F)c23)cc1F. The number of fused-ring (bicyclic) bond motifs is 1. The van der Waals surface area contributed by atoms with Crippen molar-refractivity contribution in [2.24, 2.45) is 0 Å². The van der Waals surface area contributed by atoms with Crippen LogP contribution in [-0.2, 0) is 0 Å². The van der Waals surface area contributed by atoms with Crippen molar-refractivity contribution in [2.45, 2.75) is 0 Å². The Hall–Kier alpha value is -2.69. The minimum Gasteiger partial charge on any atom is -0.396 e. The number of ketones is 1. The third-order valence-electron chi connectivity index (χ3n) is 3.16. The summed E-state index contributed by atoms with van der Waals surface area (Å²) in [6, 6.07) is 8.27. The number of carbonyl (C=O) groups is 1. The Morgan fingerprint density at radius 1 is 1.10 bits per heavy atom. The van der Waals surface area contributed by atoms with Gasteiger partial charge >= 0.3 is 0 Å². The van der Waals surface area contributed by atoms with Gasteiger partial charge in [-0.2, -0.15) is 0 Å². The molecule has 0 aliphatic carbocycles. The summed E-state index contributed by atoms with van der Waals surface area (Å²) in [7, 11) is 0. The number of carbonyl (C=O) groups excluding carboxylic acids is 1. The first-order valence-electron chi connectivity index (χ1n) is 5.93. The number of rotatable bonds is 2. The van der Waals surface area contributed by atoms with Gasteiger partial charge in [-0.05, 0) is 30.3 Å².